The van der Waals surface area contributed by atoms with E-state index in [2.05, 4.69) is 5.32 Å². The zero-order valence-electron chi connectivity index (χ0n) is 16.1. The molecule has 27 heavy (non-hydrogen) atoms. The summed E-state index contributed by atoms with van der Waals surface area (Å²) < 4.78 is 27.5. The minimum atomic E-state index is -3.53. The Morgan fingerprint density at radius 2 is 1.85 bits per heavy atom. The number of amides is 1. The second kappa shape index (κ2) is 9.37. The number of likely N-dealkylation sites (tertiary alicyclic amines) is 1. The highest BCUT2D eigenvalue weighted by Crippen LogP contribution is 2.26. The van der Waals surface area contributed by atoms with E-state index in [1.54, 1.807) is 22.5 Å². The number of carbonyl (C=O) groups is 1. The number of rotatable bonds is 5. The molecule has 8 heteroatoms. The number of nitrogens with one attached hydrogen (secondary N) is 1. The molecule has 2 fully saturated rings. The average molecular weight is 416 g/mol. The molecule has 1 atom stereocenters. The van der Waals surface area contributed by atoms with E-state index in [1.165, 1.54) is 0 Å². The van der Waals surface area contributed by atoms with Crippen LogP contribution in [0.15, 0.2) is 23.1 Å². The Morgan fingerprint density at radius 3 is 2.52 bits per heavy atom. The van der Waals surface area contributed by atoms with Gasteiger partial charge < -0.3 is 10.2 Å². The number of hydrogen-bond acceptors (Lipinski definition) is 4. The molecular formula is C19H30ClN3O3S. The Labute approximate surface area is 168 Å². The summed E-state index contributed by atoms with van der Waals surface area (Å²) in [6.07, 6.45) is 4.85. The van der Waals surface area contributed by atoms with E-state index in [0.29, 0.717) is 18.7 Å². The summed E-state index contributed by atoms with van der Waals surface area (Å²) in [5, 5.41) is 3.14. The van der Waals surface area contributed by atoms with Crippen molar-refractivity contribution in [2.24, 2.45) is 0 Å². The van der Waals surface area contributed by atoms with Crippen LogP contribution < -0.4 is 5.32 Å². The van der Waals surface area contributed by atoms with Crippen molar-refractivity contribution in [3.05, 3.63) is 29.3 Å². The number of halogens is 1. The Balaban J connectivity index is 0.00000261. The summed E-state index contributed by atoms with van der Waals surface area (Å²) in [6, 6.07) is 5.14. The Hall–Kier alpha value is -1.15. The number of piperidine rings is 1. The van der Waals surface area contributed by atoms with Crippen LogP contribution in [0.1, 0.15) is 48.0 Å². The second-order valence-corrected chi connectivity index (χ2v) is 9.23. The number of aryl methyl sites for hydroxylation is 1. The van der Waals surface area contributed by atoms with Gasteiger partial charge in [-0.1, -0.05) is 12.5 Å². The van der Waals surface area contributed by atoms with Crippen molar-refractivity contribution in [2.45, 2.75) is 50.0 Å². The fourth-order valence-electron chi connectivity index (χ4n) is 3.95. The van der Waals surface area contributed by atoms with Gasteiger partial charge in [-0.2, -0.15) is 4.31 Å². The molecule has 3 rings (SSSR count). The van der Waals surface area contributed by atoms with Crippen LogP contribution in [0.2, 0.25) is 0 Å². The Morgan fingerprint density at radius 1 is 1.15 bits per heavy atom. The Kier molecular flexibility index (Phi) is 7.68. The number of likely N-dealkylation sites (N-methyl/N-ethyl adjacent to an activating group) is 1. The van der Waals surface area contributed by atoms with Gasteiger partial charge in [0.2, 0.25) is 10.0 Å². The predicted octanol–water partition coefficient (Wildman–Crippen LogP) is 2.42. The molecule has 0 bridgehead atoms. The largest absolute Gasteiger partial charge is 0.334 e. The lowest BCUT2D eigenvalue weighted by Crippen LogP contribution is -2.41. The molecule has 0 spiro atoms. The van der Waals surface area contributed by atoms with Crippen molar-refractivity contribution in [3.63, 3.8) is 0 Å². The molecule has 2 heterocycles. The number of nitrogens with zero attached hydrogens (tertiary/aromatic N) is 2. The van der Waals surface area contributed by atoms with Gasteiger partial charge in [0.1, 0.15) is 0 Å². The van der Waals surface area contributed by atoms with Crippen molar-refractivity contribution in [1.29, 1.82) is 0 Å². The standard InChI is InChI=1S/C19H29N3O3S.ClH/c1-15-8-9-17(26(24,25)21-10-4-3-5-11-21)13-18(15)19(23)22-12-6-7-16(22)14-20-2;/h8-9,13,16,20H,3-7,10-12,14H2,1-2H3;1H. The van der Waals surface area contributed by atoms with E-state index in [-0.39, 0.29) is 29.3 Å². The van der Waals surface area contributed by atoms with Gasteiger partial charge in [-0.15, -0.1) is 12.4 Å². The second-order valence-electron chi connectivity index (χ2n) is 7.29. The highest BCUT2D eigenvalue weighted by Gasteiger charge is 2.31. The number of carbonyl (C=O) groups excluding carboxylic acids is 1. The maximum absolute atomic E-state index is 13.1. The van der Waals surface area contributed by atoms with Crippen LogP contribution in [0.25, 0.3) is 0 Å². The van der Waals surface area contributed by atoms with Crippen LogP contribution in [-0.2, 0) is 10.0 Å². The lowest BCUT2D eigenvalue weighted by molar-refractivity contribution is 0.0736. The van der Waals surface area contributed by atoms with E-state index in [0.717, 1.165) is 50.8 Å². The van der Waals surface area contributed by atoms with Gasteiger partial charge in [0, 0.05) is 37.8 Å². The lowest BCUT2D eigenvalue weighted by atomic mass is 10.1. The topological polar surface area (TPSA) is 69.7 Å². The van der Waals surface area contributed by atoms with Gasteiger partial charge in [-0.3, -0.25) is 4.79 Å². The number of sulfonamides is 1. The molecule has 6 nitrogen and oxygen atoms in total. The third-order valence-electron chi connectivity index (χ3n) is 5.47. The number of benzene rings is 1. The van der Waals surface area contributed by atoms with Crippen LogP contribution in [0.3, 0.4) is 0 Å². The van der Waals surface area contributed by atoms with Gasteiger partial charge in [0.15, 0.2) is 0 Å². The van der Waals surface area contributed by atoms with Crippen molar-refractivity contribution in [3.8, 4) is 0 Å². The highest BCUT2D eigenvalue weighted by molar-refractivity contribution is 7.89. The minimum Gasteiger partial charge on any atom is -0.334 e. The molecule has 2 aliphatic heterocycles. The smallest absolute Gasteiger partial charge is 0.254 e. The van der Waals surface area contributed by atoms with Gasteiger partial charge >= 0.3 is 0 Å². The first-order chi connectivity index (χ1) is 12.4. The van der Waals surface area contributed by atoms with E-state index in [9.17, 15) is 13.2 Å². The van der Waals surface area contributed by atoms with Crippen molar-refractivity contribution >= 4 is 28.3 Å². The van der Waals surface area contributed by atoms with E-state index < -0.39 is 10.0 Å². The quantitative estimate of drug-likeness (QED) is 0.801. The summed E-state index contributed by atoms with van der Waals surface area (Å²) in [6.45, 7) is 4.49. The molecule has 2 saturated heterocycles. The maximum Gasteiger partial charge on any atom is 0.254 e. The molecule has 0 aliphatic carbocycles. The monoisotopic (exact) mass is 415 g/mol. The molecule has 1 amide bonds. The zero-order chi connectivity index (χ0) is 18.7. The van der Waals surface area contributed by atoms with Crippen molar-refractivity contribution in [2.75, 3.05) is 33.2 Å². The van der Waals surface area contributed by atoms with Crippen LogP contribution in [0.4, 0.5) is 0 Å². The van der Waals surface area contributed by atoms with Crippen LogP contribution in [0.5, 0.6) is 0 Å². The van der Waals surface area contributed by atoms with Crippen LogP contribution in [0, 0.1) is 6.92 Å². The summed E-state index contributed by atoms with van der Waals surface area (Å²) in [7, 11) is -1.64. The first-order valence-electron chi connectivity index (χ1n) is 9.51. The summed E-state index contributed by atoms with van der Waals surface area (Å²) in [4.78, 5) is 15.2. The molecule has 0 aromatic heterocycles. The van der Waals surface area contributed by atoms with Gasteiger partial charge in [0.25, 0.3) is 5.91 Å². The lowest BCUT2D eigenvalue weighted by Gasteiger charge is -2.27. The fourth-order valence-corrected chi connectivity index (χ4v) is 5.50. The van der Waals surface area contributed by atoms with Gasteiger partial charge in [0.05, 0.1) is 4.90 Å². The van der Waals surface area contributed by atoms with Gasteiger partial charge in [-0.05, 0) is 57.4 Å². The molecule has 152 valence electrons. The third kappa shape index (κ3) is 4.65. The molecule has 1 N–H and O–H groups in total. The minimum absolute atomic E-state index is 0. The first-order valence-corrected chi connectivity index (χ1v) is 11.0. The summed E-state index contributed by atoms with van der Waals surface area (Å²) >= 11 is 0. The molecule has 1 unspecified atom stereocenters. The van der Waals surface area contributed by atoms with Crippen LogP contribution in [-0.4, -0.2) is 62.8 Å². The van der Waals surface area contributed by atoms with E-state index >= 15 is 0 Å². The summed E-state index contributed by atoms with van der Waals surface area (Å²) in [5.41, 5.74) is 1.33. The molecule has 0 saturated carbocycles. The van der Waals surface area contributed by atoms with Gasteiger partial charge in [-0.25, -0.2) is 8.42 Å². The van der Waals surface area contributed by atoms with Crippen LogP contribution >= 0.6 is 12.4 Å². The average Bonchev–Trinajstić information content (AvgIpc) is 3.11. The fraction of sp³-hybridized carbons (Fsp3) is 0.632. The molecule has 1 aromatic rings. The molecule has 2 aliphatic rings. The van der Waals surface area contributed by atoms with Crippen molar-refractivity contribution in [1.82, 2.24) is 14.5 Å². The third-order valence-corrected chi connectivity index (χ3v) is 7.36. The zero-order valence-corrected chi connectivity index (χ0v) is 17.7. The maximum atomic E-state index is 13.1. The SMILES string of the molecule is CNCC1CCCN1C(=O)c1cc(S(=O)(=O)N2CCCCC2)ccc1C.Cl. The predicted molar refractivity (Wildman–Crippen MR) is 109 cm³/mol. The van der Waals surface area contributed by atoms with E-state index in [4.69, 9.17) is 0 Å². The number of hydrogen-bond donors (Lipinski definition) is 1. The van der Waals surface area contributed by atoms with E-state index in [1.807, 2.05) is 18.9 Å². The highest BCUT2D eigenvalue weighted by atomic mass is 35.5. The summed E-state index contributed by atoms with van der Waals surface area (Å²) in [5.74, 6) is -0.0593. The molecular weight excluding hydrogens is 386 g/mol. The Bertz CT molecular complexity index is 763. The normalized spacial score (nSPS) is 21.1. The molecule has 0 radical (unpaired) electrons. The van der Waals surface area contributed by atoms with Crippen molar-refractivity contribution < 1.29 is 13.2 Å². The first kappa shape index (κ1) is 22.1. The molecule has 1 aromatic carbocycles.